The normalized spacial score (nSPS) is 13.6. The van der Waals surface area contributed by atoms with Crippen molar-refractivity contribution in [1.29, 1.82) is 0 Å². The maximum atomic E-state index is 13.2. The Balaban J connectivity index is 1.60. The highest BCUT2D eigenvalue weighted by atomic mass is 35.5. The van der Waals surface area contributed by atoms with E-state index in [0.717, 1.165) is 11.8 Å². The summed E-state index contributed by atoms with van der Waals surface area (Å²) in [6.45, 7) is 0.772. The van der Waals surface area contributed by atoms with Crippen LogP contribution in [0.25, 0.3) is 5.95 Å². The molecule has 2 aromatic heterocycles. The third-order valence-corrected chi connectivity index (χ3v) is 4.31. The van der Waals surface area contributed by atoms with E-state index in [1.54, 1.807) is 28.0 Å². The quantitative estimate of drug-likeness (QED) is 0.700. The summed E-state index contributed by atoms with van der Waals surface area (Å²) in [6, 6.07) is 5.47. The molecule has 1 aliphatic heterocycles. The van der Waals surface area contributed by atoms with Crippen molar-refractivity contribution in [2.24, 2.45) is 0 Å². The number of benzene rings is 1. The molecule has 1 aliphatic rings. The van der Waals surface area contributed by atoms with E-state index in [1.807, 2.05) is 0 Å². The second-order valence-electron chi connectivity index (χ2n) is 5.54. The van der Waals surface area contributed by atoms with Crippen LogP contribution in [0.1, 0.15) is 21.7 Å². The van der Waals surface area contributed by atoms with E-state index in [-0.39, 0.29) is 16.5 Å². The molecule has 0 saturated carbocycles. The fourth-order valence-electron chi connectivity index (χ4n) is 2.77. The summed E-state index contributed by atoms with van der Waals surface area (Å²) in [5, 5.41) is 8.33. The van der Waals surface area contributed by atoms with Gasteiger partial charge >= 0.3 is 0 Å². The number of amides is 1. The molecule has 9 heteroatoms. The molecule has 0 bridgehead atoms. The summed E-state index contributed by atoms with van der Waals surface area (Å²) in [7, 11) is 0. The zero-order valence-electron chi connectivity index (χ0n) is 12.9. The topological polar surface area (TPSA) is 76.8 Å². The molecule has 1 aromatic carbocycles. The summed E-state index contributed by atoms with van der Waals surface area (Å²) >= 11 is 5.99. The van der Waals surface area contributed by atoms with Gasteiger partial charge in [-0.1, -0.05) is 16.8 Å². The number of carbonyl (C=O) groups is 1. The summed E-state index contributed by atoms with van der Waals surface area (Å²) in [4.78, 5) is 22.6. The van der Waals surface area contributed by atoms with Crippen molar-refractivity contribution >= 4 is 17.5 Å². The first-order valence-electron chi connectivity index (χ1n) is 7.58. The molecular weight excluding hydrogens is 347 g/mol. The fourth-order valence-corrected chi connectivity index (χ4v) is 3.02. The van der Waals surface area contributed by atoms with E-state index < -0.39 is 5.82 Å². The van der Waals surface area contributed by atoms with Gasteiger partial charge in [-0.05, 0) is 24.3 Å². The number of carbonyl (C=O) groups excluding carboxylic acids is 1. The molecule has 0 fully saturated rings. The molecule has 0 saturated heterocycles. The van der Waals surface area contributed by atoms with E-state index in [4.69, 9.17) is 11.6 Å². The van der Waals surface area contributed by atoms with Crippen LogP contribution in [0.4, 0.5) is 4.39 Å². The fraction of sp³-hybridized carbons (Fsp3) is 0.188. The molecule has 25 heavy (non-hydrogen) atoms. The summed E-state index contributed by atoms with van der Waals surface area (Å²) in [5.41, 5.74) is 1.83. The second-order valence-corrected chi connectivity index (χ2v) is 5.95. The molecular formula is C16H12ClFN6O. The average Bonchev–Trinajstić information content (AvgIpc) is 3.05. The molecule has 0 radical (unpaired) electrons. The van der Waals surface area contributed by atoms with Crippen LogP contribution in [0.2, 0.25) is 5.02 Å². The van der Waals surface area contributed by atoms with Crippen molar-refractivity contribution in [2.45, 2.75) is 13.0 Å². The number of fused-ring (bicyclic) bond motifs is 1. The van der Waals surface area contributed by atoms with Crippen LogP contribution in [0.15, 0.2) is 36.7 Å². The van der Waals surface area contributed by atoms with Gasteiger partial charge in [0.1, 0.15) is 11.5 Å². The Morgan fingerprint density at radius 1 is 1.24 bits per heavy atom. The van der Waals surface area contributed by atoms with Crippen LogP contribution in [0.5, 0.6) is 0 Å². The predicted octanol–water partition coefficient (Wildman–Crippen LogP) is 2.05. The summed E-state index contributed by atoms with van der Waals surface area (Å²) in [5.74, 6) is -0.299. The molecule has 7 nitrogen and oxygen atoms in total. The summed E-state index contributed by atoms with van der Waals surface area (Å²) in [6.07, 6.45) is 3.82. The van der Waals surface area contributed by atoms with Gasteiger partial charge in [0.15, 0.2) is 0 Å². The lowest BCUT2D eigenvalue weighted by Gasteiger charge is -2.26. The minimum absolute atomic E-state index is 0.0946. The molecule has 3 heterocycles. The molecule has 0 atom stereocenters. The number of nitrogens with zero attached hydrogens (tertiary/aromatic N) is 6. The van der Waals surface area contributed by atoms with Gasteiger partial charge in [-0.3, -0.25) is 4.79 Å². The van der Waals surface area contributed by atoms with Crippen molar-refractivity contribution in [2.75, 3.05) is 6.54 Å². The number of halogens is 2. The Kier molecular flexibility index (Phi) is 3.89. The number of hydrogen-bond acceptors (Lipinski definition) is 5. The van der Waals surface area contributed by atoms with Gasteiger partial charge in [-0.2, -0.15) is 4.68 Å². The van der Waals surface area contributed by atoms with Crippen LogP contribution >= 0.6 is 11.6 Å². The molecule has 0 unspecified atom stereocenters. The minimum Gasteiger partial charge on any atom is -0.332 e. The first kappa shape index (κ1) is 15.6. The van der Waals surface area contributed by atoms with E-state index in [1.165, 1.54) is 12.1 Å². The standard InChI is InChI=1S/C16H12ClFN6O/c17-12-8-10(18)2-3-11(12)15(25)23-7-4-14-13(9-23)21-22-24(14)16-19-5-1-6-20-16/h1-3,5-6,8H,4,7,9H2. The lowest BCUT2D eigenvalue weighted by molar-refractivity contribution is 0.0731. The van der Waals surface area contributed by atoms with Gasteiger partial charge in [0.2, 0.25) is 0 Å². The van der Waals surface area contributed by atoms with Gasteiger partial charge in [0.05, 0.1) is 22.8 Å². The highest BCUT2D eigenvalue weighted by Crippen LogP contribution is 2.23. The van der Waals surface area contributed by atoms with Crippen LogP contribution in [-0.4, -0.2) is 42.3 Å². The van der Waals surface area contributed by atoms with Crippen molar-refractivity contribution in [1.82, 2.24) is 29.9 Å². The SMILES string of the molecule is O=C(c1ccc(F)cc1Cl)N1CCc2c(nnn2-c2ncccn2)C1. The first-order valence-corrected chi connectivity index (χ1v) is 7.96. The van der Waals surface area contributed by atoms with Crippen molar-refractivity contribution in [3.05, 3.63) is 64.5 Å². The number of rotatable bonds is 2. The maximum Gasteiger partial charge on any atom is 0.255 e. The van der Waals surface area contributed by atoms with Crippen molar-refractivity contribution < 1.29 is 9.18 Å². The van der Waals surface area contributed by atoms with Crippen LogP contribution in [0, 0.1) is 5.82 Å². The molecule has 3 aromatic rings. The Hall–Kier alpha value is -2.87. The largest absolute Gasteiger partial charge is 0.332 e. The zero-order valence-corrected chi connectivity index (χ0v) is 13.7. The number of hydrogen-bond donors (Lipinski definition) is 0. The Labute approximate surface area is 147 Å². The van der Waals surface area contributed by atoms with Crippen LogP contribution in [-0.2, 0) is 13.0 Å². The third kappa shape index (κ3) is 2.85. The highest BCUT2D eigenvalue weighted by molar-refractivity contribution is 6.33. The van der Waals surface area contributed by atoms with Gasteiger partial charge in [-0.15, -0.1) is 5.10 Å². The maximum absolute atomic E-state index is 13.2. The van der Waals surface area contributed by atoms with Crippen molar-refractivity contribution in [3.8, 4) is 5.95 Å². The van der Waals surface area contributed by atoms with E-state index in [9.17, 15) is 9.18 Å². The monoisotopic (exact) mass is 358 g/mol. The van der Waals surface area contributed by atoms with E-state index in [2.05, 4.69) is 20.3 Å². The molecule has 1 amide bonds. The van der Waals surface area contributed by atoms with Crippen LogP contribution < -0.4 is 0 Å². The first-order chi connectivity index (χ1) is 12.1. The average molecular weight is 359 g/mol. The molecule has 0 aliphatic carbocycles. The molecule has 0 N–H and O–H groups in total. The smallest absolute Gasteiger partial charge is 0.255 e. The molecule has 0 spiro atoms. The Morgan fingerprint density at radius 2 is 2.04 bits per heavy atom. The van der Waals surface area contributed by atoms with Crippen LogP contribution in [0.3, 0.4) is 0 Å². The Morgan fingerprint density at radius 3 is 2.80 bits per heavy atom. The summed E-state index contributed by atoms with van der Waals surface area (Å²) < 4.78 is 14.8. The minimum atomic E-state index is -0.478. The van der Waals surface area contributed by atoms with Crippen molar-refractivity contribution in [3.63, 3.8) is 0 Å². The highest BCUT2D eigenvalue weighted by Gasteiger charge is 2.28. The van der Waals surface area contributed by atoms with Gasteiger partial charge in [0, 0.05) is 25.4 Å². The molecule has 4 rings (SSSR count). The van der Waals surface area contributed by atoms with Gasteiger partial charge in [0.25, 0.3) is 11.9 Å². The third-order valence-electron chi connectivity index (χ3n) is 3.99. The zero-order chi connectivity index (χ0) is 17.4. The Bertz CT molecular complexity index is 945. The lowest BCUT2D eigenvalue weighted by atomic mass is 10.1. The van der Waals surface area contributed by atoms with Gasteiger partial charge in [-0.25, -0.2) is 14.4 Å². The van der Waals surface area contributed by atoms with E-state index in [0.29, 0.717) is 31.2 Å². The lowest BCUT2D eigenvalue weighted by Crippen LogP contribution is -2.36. The number of aromatic nitrogens is 5. The molecule has 126 valence electrons. The second kappa shape index (κ2) is 6.21. The predicted molar refractivity (Wildman–Crippen MR) is 86.8 cm³/mol. The van der Waals surface area contributed by atoms with E-state index >= 15 is 0 Å². The van der Waals surface area contributed by atoms with Gasteiger partial charge < -0.3 is 4.90 Å².